The molecule has 2 heterocycles. The van der Waals surface area contributed by atoms with E-state index in [2.05, 4.69) is 4.98 Å². The number of aromatic nitrogens is 1. The van der Waals surface area contributed by atoms with Gasteiger partial charge in [-0.25, -0.2) is 9.78 Å². The second-order valence-corrected chi connectivity index (χ2v) is 7.27. The molecule has 2 aromatic heterocycles. The average molecular weight is 364 g/mol. The van der Waals surface area contributed by atoms with Crippen molar-refractivity contribution in [3.05, 3.63) is 56.7 Å². The Bertz CT molecular complexity index is 865. The van der Waals surface area contributed by atoms with Crippen LogP contribution in [-0.4, -0.2) is 23.3 Å². The molecule has 4 nitrogen and oxygen atoms in total. The van der Waals surface area contributed by atoms with Crippen LogP contribution < -0.4 is 0 Å². The molecule has 0 aliphatic rings. The highest BCUT2D eigenvalue weighted by molar-refractivity contribution is 7.19. The number of carbonyl (C=O) groups excluding carboxylic acids is 2. The van der Waals surface area contributed by atoms with Crippen LogP contribution in [0.25, 0.3) is 16.3 Å². The van der Waals surface area contributed by atoms with E-state index in [1.54, 1.807) is 18.2 Å². The van der Waals surface area contributed by atoms with E-state index in [4.69, 9.17) is 16.3 Å². The molecule has 0 bridgehead atoms. The van der Waals surface area contributed by atoms with Gasteiger partial charge < -0.3 is 4.74 Å². The van der Waals surface area contributed by atoms with E-state index in [-0.39, 0.29) is 12.4 Å². The van der Waals surface area contributed by atoms with Gasteiger partial charge in [0.05, 0.1) is 19.4 Å². The molecular weight excluding hydrogens is 354 g/mol. The summed E-state index contributed by atoms with van der Waals surface area (Å²) >= 11 is 8.40. The maximum absolute atomic E-state index is 11.8. The van der Waals surface area contributed by atoms with Crippen LogP contribution in [0.2, 0.25) is 4.34 Å². The summed E-state index contributed by atoms with van der Waals surface area (Å²) in [5, 5.41) is 0.708. The molecule has 0 radical (unpaired) electrons. The Morgan fingerprint density at radius 3 is 2.74 bits per heavy atom. The smallest absolute Gasteiger partial charge is 0.331 e. The van der Waals surface area contributed by atoms with E-state index >= 15 is 0 Å². The summed E-state index contributed by atoms with van der Waals surface area (Å²) in [6.07, 6.45) is 2.85. The van der Waals surface area contributed by atoms with Crippen molar-refractivity contribution in [3.8, 4) is 0 Å². The average Bonchev–Trinajstić information content (AvgIpc) is 3.16. The van der Waals surface area contributed by atoms with Gasteiger partial charge in [-0.3, -0.25) is 4.79 Å². The summed E-state index contributed by atoms with van der Waals surface area (Å²) < 4.78 is 6.50. The standard InChI is InChI=1S/C16H10ClNO3S2/c17-14-6-5-13(22-14)11(19)9-21-16(20)8-7-15-18-10-3-1-2-4-12(10)23-15/h1-8H,9H2. The van der Waals surface area contributed by atoms with Crippen LogP contribution in [0.4, 0.5) is 0 Å². The molecule has 0 fully saturated rings. The Labute approximate surface area is 145 Å². The van der Waals surface area contributed by atoms with Crippen molar-refractivity contribution in [2.45, 2.75) is 0 Å². The van der Waals surface area contributed by atoms with E-state index in [0.717, 1.165) is 21.6 Å². The minimum atomic E-state index is -0.583. The fraction of sp³-hybridized carbons (Fsp3) is 0.0625. The lowest BCUT2D eigenvalue weighted by molar-refractivity contribution is -0.136. The summed E-state index contributed by atoms with van der Waals surface area (Å²) in [6, 6.07) is 11.0. The maximum atomic E-state index is 11.8. The number of ether oxygens (including phenoxy) is 1. The number of Topliss-reactive ketones (excluding diaryl/α,β-unsaturated/α-hetero) is 1. The number of thiazole rings is 1. The third-order valence-corrected chi connectivity index (χ3v) is 5.14. The number of halogens is 1. The van der Waals surface area contributed by atoms with Crippen molar-refractivity contribution < 1.29 is 14.3 Å². The number of thiophene rings is 1. The fourth-order valence-electron chi connectivity index (χ4n) is 1.82. The van der Waals surface area contributed by atoms with Crippen molar-refractivity contribution >= 4 is 62.3 Å². The zero-order chi connectivity index (χ0) is 16.2. The molecule has 0 saturated heterocycles. The number of para-hydroxylation sites is 1. The number of rotatable bonds is 5. The highest BCUT2D eigenvalue weighted by Gasteiger charge is 2.11. The molecule has 23 heavy (non-hydrogen) atoms. The van der Waals surface area contributed by atoms with Crippen LogP contribution in [0, 0.1) is 0 Å². The molecule has 0 aliphatic carbocycles. The van der Waals surface area contributed by atoms with Crippen LogP contribution in [-0.2, 0) is 9.53 Å². The largest absolute Gasteiger partial charge is 0.454 e. The molecular formula is C16H10ClNO3S2. The Morgan fingerprint density at radius 1 is 1.17 bits per heavy atom. The second-order valence-electron chi connectivity index (χ2n) is 4.49. The van der Waals surface area contributed by atoms with Crippen molar-refractivity contribution in [2.75, 3.05) is 6.61 Å². The molecule has 0 spiro atoms. The van der Waals surface area contributed by atoms with Crippen LogP contribution in [0.3, 0.4) is 0 Å². The molecule has 3 aromatic rings. The highest BCUT2D eigenvalue weighted by Crippen LogP contribution is 2.23. The normalized spacial score (nSPS) is 11.2. The minimum absolute atomic E-state index is 0.274. The lowest BCUT2D eigenvalue weighted by Gasteiger charge is -1.98. The molecule has 1 aromatic carbocycles. The van der Waals surface area contributed by atoms with Gasteiger partial charge in [-0.1, -0.05) is 23.7 Å². The van der Waals surface area contributed by atoms with Gasteiger partial charge in [0.2, 0.25) is 5.78 Å². The van der Waals surface area contributed by atoms with E-state index < -0.39 is 5.97 Å². The van der Waals surface area contributed by atoms with Crippen molar-refractivity contribution in [1.82, 2.24) is 4.98 Å². The zero-order valence-corrected chi connectivity index (χ0v) is 14.1. The summed E-state index contributed by atoms with van der Waals surface area (Å²) in [7, 11) is 0. The van der Waals surface area contributed by atoms with Gasteiger partial charge in [-0.05, 0) is 30.3 Å². The topological polar surface area (TPSA) is 56.3 Å². The number of esters is 1. The van der Waals surface area contributed by atoms with Crippen molar-refractivity contribution in [1.29, 1.82) is 0 Å². The summed E-state index contributed by atoms with van der Waals surface area (Å²) in [5.74, 6) is -0.858. The van der Waals surface area contributed by atoms with Crippen molar-refractivity contribution in [2.24, 2.45) is 0 Å². The molecule has 0 N–H and O–H groups in total. The van der Waals surface area contributed by atoms with Crippen LogP contribution in [0.15, 0.2) is 42.5 Å². The number of carbonyl (C=O) groups is 2. The molecule has 0 atom stereocenters. The summed E-state index contributed by atoms with van der Waals surface area (Å²) in [5.41, 5.74) is 0.885. The number of benzene rings is 1. The van der Waals surface area contributed by atoms with Gasteiger partial charge in [0, 0.05) is 6.08 Å². The first-order valence-corrected chi connectivity index (χ1v) is 8.62. The number of fused-ring (bicyclic) bond motifs is 1. The van der Waals surface area contributed by atoms with Crippen LogP contribution in [0.1, 0.15) is 14.7 Å². The number of hydrogen-bond donors (Lipinski definition) is 0. The van der Waals surface area contributed by atoms with Crippen molar-refractivity contribution in [3.63, 3.8) is 0 Å². The molecule has 7 heteroatoms. The first-order valence-electron chi connectivity index (χ1n) is 6.61. The SMILES string of the molecule is O=C(C=Cc1nc2ccccc2s1)OCC(=O)c1ccc(Cl)s1. The molecule has 0 unspecified atom stereocenters. The second kappa shape index (κ2) is 7.04. The highest BCUT2D eigenvalue weighted by atomic mass is 35.5. The van der Waals surface area contributed by atoms with E-state index in [0.29, 0.717) is 14.2 Å². The quantitative estimate of drug-likeness (QED) is 0.382. The van der Waals surface area contributed by atoms with E-state index in [1.807, 2.05) is 24.3 Å². The van der Waals surface area contributed by atoms with Gasteiger partial charge in [-0.15, -0.1) is 22.7 Å². The fourth-order valence-corrected chi connectivity index (χ4v) is 3.66. The van der Waals surface area contributed by atoms with Crippen LogP contribution in [0.5, 0.6) is 0 Å². The molecule has 0 amide bonds. The van der Waals surface area contributed by atoms with E-state index in [1.165, 1.54) is 17.4 Å². The van der Waals surface area contributed by atoms with Gasteiger partial charge in [0.15, 0.2) is 6.61 Å². The Hall–Kier alpha value is -2.02. The molecule has 0 aliphatic heterocycles. The predicted octanol–water partition coefficient (Wildman–Crippen LogP) is 4.45. The van der Waals surface area contributed by atoms with Gasteiger partial charge in [0.25, 0.3) is 0 Å². The molecule has 0 saturated carbocycles. The third-order valence-electron chi connectivity index (χ3n) is 2.87. The maximum Gasteiger partial charge on any atom is 0.331 e. The predicted molar refractivity (Wildman–Crippen MR) is 93.3 cm³/mol. The molecule has 3 rings (SSSR count). The number of hydrogen-bond acceptors (Lipinski definition) is 6. The lowest BCUT2D eigenvalue weighted by Crippen LogP contribution is -2.11. The Morgan fingerprint density at radius 2 is 2.00 bits per heavy atom. The van der Waals surface area contributed by atoms with E-state index in [9.17, 15) is 9.59 Å². The van der Waals surface area contributed by atoms with Crippen LogP contribution >= 0.6 is 34.3 Å². The first-order chi connectivity index (χ1) is 11.1. The first kappa shape index (κ1) is 15.9. The minimum Gasteiger partial charge on any atom is -0.454 e. The van der Waals surface area contributed by atoms with Gasteiger partial charge in [0.1, 0.15) is 5.01 Å². The third kappa shape index (κ3) is 4.04. The molecule has 116 valence electrons. The zero-order valence-electron chi connectivity index (χ0n) is 11.7. The Balaban J connectivity index is 1.57. The van der Waals surface area contributed by atoms with Gasteiger partial charge in [-0.2, -0.15) is 0 Å². The monoisotopic (exact) mass is 363 g/mol. The summed E-state index contributed by atoms with van der Waals surface area (Å²) in [6.45, 7) is -0.306. The number of ketones is 1. The summed E-state index contributed by atoms with van der Waals surface area (Å²) in [4.78, 5) is 28.3. The van der Waals surface area contributed by atoms with Gasteiger partial charge >= 0.3 is 5.97 Å². The number of nitrogens with zero attached hydrogens (tertiary/aromatic N) is 1. The Kier molecular flexibility index (Phi) is 4.85. The lowest BCUT2D eigenvalue weighted by atomic mass is 10.3.